The molecule has 0 saturated carbocycles. The zero-order valence-corrected chi connectivity index (χ0v) is 21.8. The van der Waals surface area contributed by atoms with Crippen LogP contribution >= 0.6 is 0 Å². The van der Waals surface area contributed by atoms with Crippen molar-refractivity contribution in [3.8, 4) is 0 Å². The van der Waals surface area contributed by atoms with Gasteiger partial charge in [0.15, 0.2) is 0 Å². The van der Waals surface area contributed by atoms with E-state index in [2.05, 4.69) is 16.5 Å². The average Bonchev–Trinajstić information content (AvgIpc) is 3.60. The Morgan fingerprint density at radius 3 is 2.26 bits per heavy atom. The monoisotopic (exact) mass is 555 g/mol. The predicted octanol–water partition coefficient (Wildman–Crippen LogP) is 3.51. The Hall–Kier alpha value is -2.84. The molecule has 0 bridgehead atoms. The smallest absolute Gasteiger partial charge is 0.401 e. The van der Waals surface area contributed by atoms with Crippen LogP contribution < -0.4 is 9.62 Å². The molecule has 14 heteroatoms. The fourth-order valence-electron chi connectivity index (χ4n) is 5.92. The highest BCUT2D eigenvalue weighted by atomic mass is 32.2. The Morgan fingerprint density at radius 1 is 1.13 bits per heavy atom. The molecular formula is C24H30F3N6O4S-. The number of benzene rings is 1. The Bertz CT molecular complexity index is 1290. The quantitative estimate of drug-likeness (QED) is 0.546. The van der Waals surface area contributed by atoms with Crippen LogP contribution in [0.15, 0.2) is 18.5 Å². The van der Waals surface area contributed by atoms with E-state index in [9.17, 15) is 31.6 Å². The van der Waals surface area contributed by atoms with E-state index < -0.39 is 39.5 Å². The average molecular weight is 556 g/mol. The number of aromatic nitrogens is 2. The first-order valence-corrected chi connectivity index (χ1v) is 14.1. The molecule has 208 valence electrons. The number of urea groups is 1. The van der Waals surface area contributed by atoms with Gasteiger partial charge in [0.25, 0.3) is 0 Å². The van der Waals surface area contributed by atoms with Gasteiger partial charge in [0.2, 0.25) is 0 Å². The lowest BCUT2D eigenvalue weighted by Gasteiger charge is -2.41. The van der Waals surface area contributed by atoms with Gasteiger partial charge in [-0.2, -0.15) is 26.7 Å². The molecular weight excluding hydrogens is 525 g/mol. The number of amides is 2. The number of aryl methyl sites for hydroxylation is 3. The maximum absolute atomic E-state index is 13.6. The first-order chi connectivity index (χ1) is 17.9. The zero-order valence-electron chi connectivity index (χ0n) is 21.0. The molecule has 2 amide bonds. The van der Waals surface area contributed by atoms with Crippen molar-refractivity contribution in [2.24, 2.45) is 7.05 Å². The Balaban J connectivity index is 1.39. The van der Waals surface area contributed by atoms with Crippen molar-refractivity contribution in [2.75, 3.05) is 29.3 Å². The molecule has 0 spiro atoms. The molecule has 2 aliphatic carbocycles. The third-order valence-corrected chi connectivity index (χ3v) is 9.16. The number of carbonyl (C=O) groups excluding carboxylic acids is 1. The summed E-state index contributed by atoms with van der Waals surface area (Å²) in [6, 6.07) is 0.0207. The second-order valence-corrected chi connectivity index (χ2v) is 11.8. The number of hydrogen-bond donors (Lipinski definition) is 1. The zero-order chi connectivity index (χ0) is 27.2. The number of nitrogens with zero attached hydrogens (tertiary/aromatic N) is 5. The molecule has 10 nitrogen and oxygen atoms in total. The summed E-state index contributed by atoms with van der Waals surface area (Å²) >= 11 is 0. The van der Waals surface area contributed by atoms with Gasteiger partial charge in [0.05, 0.1) is 18.4 Å². The first kappa shape index (κ1) is 26.8. The fourth-order valence-corrected chi connectivity index (χ4v) is 7.29. The number of nitrogens with one attached hydrogen (secondary N) is 1. The molecule has 5 rings (SSSR count). The molecule has 1 aliphatic heterocycles. The van der Waals surface area contributed by atoms with Crippen LogP contribution in [0.1, 0.15) is 47.9 Å². The molecule has 1 aromatic heterocycles. The van der Waals surface area contributed by atoms with Crippen LogP contribution in [0.5, 0.6) is 0 Å². The van der Waals surface area contributed by atoms with Gasteiger partial charge in [-0.1, -0.05) is 6.07 Å². The second-order valence-electron chi connectivity index (χ2n) is 10.2. The summed E-state index contributed by atoms with van der Waals surface area (Å²) in [5.74, 6) is 0. The van der Waals surface area contributed by atoms with Gasteiger partial charge in [0, 0.05) is 38.1 Å². The topological polar surface area (TPSA) is 114 Å². The number of anilines is 2. The Labute approximate surface area is 219 Å². The molecule has 1 saturated heterocycles. The van der Waals surface area contributed by atoms with Gasteiger partial charge in [0.1, 0.15) is 0 Å². The van der Waals surface area contributed by atoms with E-state index in [4.69, 9.17) is 0 Å². The van der Waals surface area contributed by atoms with Crippen molar-refractivity contribution in [3.05, 3.63) is 45.9 Å². The van der Waals surface area contributed by atoms with E-state index >= 15 is 0 Å². The van der Waals surface area contributed by atoms with Gasteiger partial charge in [-0.3, -0.25) is 14.1 Å². The summed E-state index contributed by atoms with van der Waals surface area (Å²) in [5.41, 5.74) is 4.74. The predicted molar refractivity (Wildman–Crippen MR) is 135 cm³/mol. The number of piperidine rings is 1. The summed E-state index contributed by atoms with van der Waals surface area (Å²) in [6.45, 7) is -1.12. The largest absolute Gasteiger partial charge is 0.740 e. The number of likely N-dealkylation sites (tertiary alicyclic amines) is 1. The van der Waals surface area contributed by atoms with E-state index in [1.54, 1.807) is 7.05 Å². The van der Waals surface area contributed by atoms with E-state index in [0.29, 0.717) is 5.69 Å². The molecule has 3 aliphatic rings. The summed E-state index contributed by atoms with van der Waals surface area (Å²) in [4.78, 5) is 14.3. The maximum Gasteiger partial charge on any atom is 0.401 e. The highest BCUT2D eigenvalue weighted by Gasteiger charge is 2.39. The van der Waals surface area contributed by atoms with Gasteiger partial charge < -0.3 is 10.5 Å². The van der Waals surface area contributed by atoms with Crippen LogP contribution in [0.4, 0.5) is 29.3 Å². The Kier molecular flexibility index (Phi) is 7.07. The van der Waals surface area contributed by atoms with E-state index in [-0.39, 0.29) is 31.6 Å². The van der Waals surface area contributed by atoms with Crippen molar-refractivity contribution < 1.29 is 26.4 Å². The molecule has 0 radical (unpaired) electrons. The fraction of sp³-hybridized carbons (Fsp3) is 0.583. The van der Waals surface area contributed by atoms with Gasteiger partial charge in [-0.15, -0.1) is 0 Å². The molecule has 1 fully saturated rings. The summed E-state index contributed by atoms with van der Waals surface area (Å²) in [7, 11) is -3.37. The van der Waals surface area contributed by atoms with Crippen molar-refractivity contribution in [1.29, 1.82) is 0 Å². The standard InChI is InChI=1S/C24H30F3N6O4S/c1-30-14-19(13-28-30)32(18-8-10-31(11-9-18)15-24(25,26)27)38(36,37)33(35)23(34)29-22-20-6-2-4-16(20)12-17-5-3-7-21(17)22/h12-14,18H,2-11,15H2,1H3,(H,29,34)/q-1. The number of carbonyl (C=O) groups is 1. The highest BCUT2D eigenvalue weighted by molar-refractivity contribution is 7.91. The lowest BCUT2D eigenvalue weighted by molar-refractivity contribution is -0.147. The molecule has 2 aromatic rings. The summed E-state index contributed by atoms with van der Waals surface area (Å²) in [6.07, 6.45) is 3.43. The lowest BCUT2D eigenvalue weighted by atomic mass is 9.99. The van der Waals surface area contributed by atoms with Crippen molar-refractivity contribution >= 4 is 27.6 Å². The third kappa shape index (κ3) is 5.21. The summed E-state index contributed by atoms with van der Waals surface area (Å²) < 4.78 is 67.4. The van der Waals surface area contributed by atoms with Crippen LogP contribution in [0.3, 0.4) is 0 Å². The van der Waals surface area contributed by atoms with Crippen LogP contribution in [0.2, 0.25) is 0 Å². The van der Waals surface area contributed by atoms with Crippen LogP contribution in [-0.4, -0.2) is 65.5 Å². The third-order valence-electron chi connectivity index (χ3n) is 7.57. The van der Waals surface area contributed by atoms with E-state index in [0.717, 1.165) is 65.1 Å². The lowest BCUT2D eigenvalue weighted by Crippen LogP contribution is -2.53. The normalized spacial score (nSPS) is 18.3. The van der Waals surface area contributed by atoms with Gasteiger partial charge in [-0.05, 0) is 73.6 Å². The second kappa shape index (κ2) is 10.0. The minimum absolute atomic E-state index is 0.0101. The Morgan fingerprint density at radius 2 is 1.74 bits per heavy atom. The number of hydrogen-bond acceptors (Lipinski definition) is 6. The molecule has 1 N–H and O–H groups in total. The van der Waals surface area contributed by atoms with Crippen LogP contribution in [0.25, 0.3) is 0 Å². The number of rotatable bonds is 6. The molecule has 38 heavy (non-hydrogen) atoms. The molecule has 0 atom stereocenters. The first-order valence-electron chi connectivity index (χ1n) is 12.7. The van der Waals surface area contributed by atoms with E-state index in [1.807, 2.05) is 0 Å². The minimum Gasteiger partial charge on any atom is -0.740 e. The molecule has 2 heterocycles. The van der Waals surface area contributed by atoms with Gasteiger partial charge >= 0.3 is 22.4 Å². The number of alkyl halides is 3. The molecule has 0 unspecified atom stereocenters. The minimum atomic E-state index is -4.94. The number of halogens is 3. The maximum atomic E-state index is 13.6. The molecule has 1 aromatic carbocycles. The highest BCUT2D eigenvalue weighted by Crippen LogP contribution is 2.39. The van der Waals surface area contributed by atoms with Crippen molar-refractivity contribution in [1.82, 2.24) is 19.1 Å². The summed E-state index contributed by atoms with van der Waals surface area (Å²) in [5, 5.41) is 19.8. The van der Waals surface area contributed by atoms with E-state index in [1.165, 1.54) is 22.0 Å². The number of hydroxylamine groups is 1. The van der Waals surface area contributed by atoms with Crippen LogP contribution in [0, 0.1) is 5.21 Å². The SMILES string of the molecule is Cn1cc(N(C2CCN(CC(F)(F)F)CC2)S(=O)(=O)N([O-])C(=O)Nc2c3c(cc4c2CCC4)CCC3)cn1. The van der Waals surface area contributed by atoms with Gasteiger partial charge in [-0.25, -0.2) is 9.10 Å². The number of fused-ring (bicyclic) bond motifs is 2. The van der Waals surface area contributed by atoms with Crippen LogP contribution in [-0.2, 0) is 42.9 Å². The van der Waals surface area contributed by atoms with Crippen molar-refractivity contribution in [3.63, 3.8) is 0 Å². The van der Waals surface area contributed by atoms with Crippen molar-refractivity contribution in [2.45, 2.75) is 63.6 Å².